The van der Waals surface area contributed by atoms with E-state index in [0.717, 1.165) is 48.4 Å². The van der Waals surface area contributed by atoms with Crippen LogP contribution in [0.3, 0.4) is 0 Å². The van der Waals surface area contributed by atoms with Gasteiger partial charge >= 0.3 is 0 Å². The molecule has 1 atom stereocenters. The number of ether oxygens (including phenoxy) is 1. The smallest absolute Gasteiger partial charge is 0.191 e. The first-order chi connectivity index (χ1) is 13.2. The van der Waals surface area contributed by atoms with Crippen LogP contribution in [0, 0.1) is 13.8 Å². The highest BCUT2D eigenvalue weighted by atomic mass is 32.2. The third-order valence-electron chi connectivity index (χ3n) is 4.73. The topological polar surface area (TPSA) is 57.8 Å². The molecule has 1 fully saturated rings. The second-order valence-electron chi connectivity index (χ2n) is 7.08. The van der Waals surface area contributed by atoms with Gasteiger partial charge in [0.05, 0.1) is 18.3 Å². The van der Waals surface area contributed by atoms with Gasteiger partial charge in [0.1, 0.15) is 6.54 Å². The zero-order valence-electron chi connectivity index (χ0n) is 15.8. The van der Waals surface area contributed by atoms with Crippen LogP contribution < -0.4 is 0 Å². The molecule has 0 bridgehead atoms. The Morgan fingerprint density at radius 1 is 1.22 bits per heavy atom. The molecule has 0 saturated carbocycles. The van der Waals surface area contributed by atoms with Crippen molar-refractivity contribution < 1.29 is 4.74 Å². The van der Waals surface area contributed by atoms with Gasteiger partial charge in [-0.05, 0) is 38.3 Å². The predicted octanol–water partition coefficient (Wildman–Crippen LogP) is 3.61. The highest BCUT2D eigenvalue weighted by molar-refractivity contribution is 7.98. The Hall–Kier alpha value is -2.12. The van der Waals surface area contributed by atoms with Gasteiger partial charge in [-0.3, -0.25) is 4.68 Å². The van der Waals surface area contributed by atoms with Gasteiger partial charge in [-0.1, -0.05) is 41.6 Å². The lowest BCUT2D eigenvalue weighted by Gasteiger charge is -2.14. The zero-order valence-corrected chi connectivity index (χ0v) is 16.7. The van der Waals surface area contributed by atoms with Crippen LogP contribution in [0.15, 0.2) is 41.7 Å². The molecule has 1 aliphatic heterocycles. The fraction of sp³-hybridized carbons (Fsp3) is 0.450. The van der Waals surface area contributed by atoms with Crippen molar-refractivity contribution in [1.29, 1.82) is 0 Å². The molecule has 1 aliphatic rings. The average molecular weight is 384 g/mol. The molecule has 142 valence electrons. The molecule has 4 rings (SSSR count). The summed E-state index contributed by atoms with van der Waals surface area (Å²) in [7, 11) is 0. The molecule has 1 saturated heterocycles. The van der Waals surface area contributed by atoms with Crippen molar-refractivity contribution in [3.05, 3.63) is 59.2 Å². The van der Waals surface area contributed by atoms with Crippen molar-refractivity contribution in [2.75, 3.05) is 6.61 Å². The van der Waals surface area contributed by atoms with E-state index in [-0.39, 0.29) is 6.10 Å². The zero-order chi connectivity index (χ0) is 18.6. The first-order valence-corrected chi connectivity index (χ1v) is 10.4. The van der Waals surface area contributed by atoms with Crippen molar-refractivity contribution in [1.82, 2.24) is 24.5 Å². The summed E-state index contributed by atoms with van der Waals surface area (Å²) < 4.78 is 9.99. The molecule has 7 heteroatoms. The summed E-state index contributed by atoms with van der Waals surface area (Å²) in [6.07, 6.45) is 4.46. The van der Waals surface area contributed by atoms with Crippen molar-refractivity contribution in [2.45, 2.75) is 56.8 Å². The van der Waals surface area contributed by atoms with Gasteiger partial charge in [-0.15, -0.1) is 10.2 Å². The van der Waals surface area contributed by atoms with Crippen LogP contribution in [0.2, 0.25) is 0 Å². The highest BCUT2D eigenvalue weighted by Gasteiger charge is 2.21. The number of hydrogen-bond donors (Lipinski definition) is 0. The van der Waals surface area contributed by atoms with Gasteiger partial charge in [0.2, 0.25) is 0 Å². The van der Waals surface area contributed by atoms with E-state index in [0.29, 0.717) is 6.54 Å². The van der Waals surface area contributed by atoms with E-state index < -0.39 is 0 Å². The van der Waals surface area contributed by atoms with Crippen LogP contribution in [0.1, 0.15) is 35.5 Å². The Kier molecular flexibility index (Phi) is 5.59. The monoisotopic (exact) mass is 383 g/mol. The van der Waals surface area contributed by atoms with Crippen LogP contribution in [0.4, 0.5) is 0 Å². The van der Waals surface area contributed by atoms with Crippen LogP contribution >= 0.6 is 11.8 Å². The summed E-state index contributed by atoms with van der Waals surface area (Å²) >= 11 is 1.73. The quantitative estimate of drug-likeness (QED) is 0.583. The van der Waals surface area contributed by atoms with Crippen molar-refractivity contribution in [3.63, 3.8) is 0 Å². The van der Waals surface area contributed by atoms with Gasteiger partial charge in [-0.2, -0.15) is 5.10 Å². The Labute approximate surface area is 163 Å². The predicted molar refractivity (Wildman–Crippen MR) is 106 cm³/mol. The molecule has 1 aromatic carbocycles. The maximum Gasteiger partial charge on any atom is 0.191 e. The summed E-state index contributed by atoms with van der Waals surface area (Å²) in [6, 6.07) is 10.6. The van der Waals surface area contributed by atoms with Gasteiger partial charge in [-0.25, -0.2) is 0 Å². The Morgan fingerprint density at radius 3 is 2.89 bits per heavy atom. The number of hydrogen-bond acceptors (Lipinski definition) is 5. The SMILES string of the molecule is Cc1cccc(CSc2nnc(Cn3ccc(C)n3)n2C[C@@H]2CCCO2)c1. The van der Waals surface area contributed by atoms with Crippen molar-refractivity contribution >= 4 is 11.8 Å². The number of rotatable bonds is 7. The van der Waals surface area contributed by atoms with E-state index >= 15 is 0 Å². The minimum absolute atomic E-state index is 0.248. The number of nitrogens with zero attached hydrogens (tertiary/aromatic N) is 5. The number of benzene rings is 1. The lowest BCUT2D eigenvalue weighted by molar-refractivity contribution is 0.0940. The molecule has 0 amide bonds. The lowest BCUT2D eigenvalue weighted by atomic mass is 10.2. The Balaban J connectivity index is 1.53. The molecule has 0 spiro atoms. The molecular formula is C20H25N5OS. The molecule has 0 N–H and O–H groups in total. The van der Waals surface area contributed by atoms with E-state index in [1.807, 2.05) is 23.9 Å². The first-order valence-electron chi connectivity index (χ1n) is 9.39. The van der Waals surface area contributed by atoms with Crippen LogP contribution in [0.5, 0.6) is 0 Å². The van der Waals surface area contributed by atoms with E-state index in [9.17, 15) is 0 Å². The average Bonchev–Trinajstić information content (AvgIpc) is 3.38. The van der Waals surface area contributed by atoms with Crippen LogP contribution in [-0.2, 0) is 23.6 Å². The molecule has 3 heterocycles. The molecule has 0 aliphatic carbocycles. The molecule has 0 unspecified atom stereocenters. The van der Waals surface area contributed by atoms with E-state index in [4.69, 9.17) is 4.74 Å². The summed E-state index contributed by atoms with van der Waals surface area (Å²) in [6.45, 7) is 6.40. The first kappa shape index (κ1) is 18.3. The number of aryl methyl sites for hydroxylation is 2. The minimum atomic E-state index is 0.248. The maximum absolute atomic E-state index is 5.86. The van der Waals surface area contributed by atoms with Gasteiger partial charge < -0.3 is 9.30 Å². The van der Waals surface area contributed by atoms with Gasteiger partial charge in [0, 0.05) is 18.6 Å². The molecule has 27 heavy (non-hydrogen) atoms. The Morgan fingerprint density at radius 2 is 2.15 bits per heavy atom. The van der Waals surface area contributed by atoms with Crippen LogP contribution in [0.25, 0.3) is 0 Å². The van der Waals surface area contributed by atoms with Crippen molar-refractivity contribution in [2.24, 2.45) is 0 Å². The standard InChI is InChI=1S/C20H25N5OS/c1-15-5-3-6-17(11-15)14-27-20-22-21-19(13-24-9-8-16(2)23-24)25(20)12-18-7-4-10-26-18/h3,5-6,8-9,11,18H,4,7,10,12-14H2,1-2H3/t18-/m0/s1. The molecular weight excluding hydrogens is 358 g/mol. The second kappa shape index (κ2) is 8.27. The van der Waals surface area contributed by atoms with E-state index in [1.165, 1.54) is 11.1 Å². The van der Waals surface area contributed by atoms with E-state index in [1.54, 1.807) is 11.8 Å². The lowest BCUT2D eigenvalue weighted by Crippen LogP contribution is -2.19. The van der Waals surface area contributed by atoms with Gasteiger partial charge in [0.25, 0.3) is 0 Å². The molecule has 3 aromatic rings. The highest BCUT2D eigenvalue weighted by Crippen LogP contribution is 2.25. The third-order valence-corrected chi connectivity index (χ3v) is 5.77. The maximum atomic E-state index is 5.86. The van der Waals surface area contributed by atoms with E-state index in [2.05, 4.69) is 51.1 Å². The second-order valence-corrected chi connectivity index (χ2v) is 8.02. The van der Waals surface area contributed by atoms with Gasteiger partial charge in [0.15, 0.2) is 11.0 Å². The van der Waals surface area contributed by atoms with Crippen LogP contribution in [-0.4, -0.2) is 37.3 Å². The minimum Gasteiger partial charge on any atom is -0.376 e. The fourth-order valence-electron chi connectivity index (χ4n) is 3.36. The number of aromatic nitrogens is 5. The molecule has 2 aromatic heterocycles. The summed E-state index contributed by atoms with van der Waals surface area (Å²) in [5, 5.41) is 14.4. The summed E-state index contributed by atoms with van der Waals surface area (Å²) in [4.78, 5) is 0. The fourth-order valence-corrected chi connectivity index (χ4v) is 4.27. The largest absolute Gasteiger partial charge is 0.376 e. The molecule has 6 nitrogen and oxygen atoms in total. The summed E-state index contributed by atoms with van der Waals surface area (Å²) in [5.74, 6) is 1.81. The molecule has 0 radical (unpaired) electrons. The third kappa shape index (κ3) is 4.59. The number of thioether (sulfide) groups is 1. The summed E-state index contributed by atoms with van der Waals surface area (Å²) in [5.41, 5.74) is 3.59. The normalized spacial score (nSPS) is 16.9. The van der Waals surface area contributed by atoms with Crippen molar-refractivity contribution in [3.8, 4) is 0 Å². The Bertz CT molecular complexity index is 897.